The lowest BCUT2D eigenvalue weighted by molar-refractivity contribution is 0.100. The maximum atomic E-state index is 12.9. The normalized spacial score (nSPS) is 10.9. The van der Waals surface area contributed by atoms with Crippen molar-refractivity contribution in [1.82, 2.24) is 0 Å². The van der Waals surface area contributed by atoms with E-state index < -0.39 is 11.6 Å². The number of halogens is 3. The molecular formula is C15H10BrF2NO. The van der Waals surface area contributed by atoms with Crippen molar-refractivity contribution < 1.29 is 13.6 Å². The average molecular weight is 338 g/mol. The number of rotatable bonds is 4. The van der Waals surface area contributed by atoms with Crippen LogP contribution in [0, 0.1) is 11.6 Å². The second-order valence-corrected chi connectivity index (χ2v) is 4.96. The van der Waals surface area contributed by atoms with Crippen molar-refractivity contribution in [2.24, 2.45) is 4.99 Å². The zero-order valence-corrected chi connectivity index (χ0v) is 11.9. The number of benzene rings is 2. The first-order chi connectivity index (χ1) is 9.56. The van der Waals surface area contributed by atoms with Crippen LogP contribution in [0.3, 0.4) is 0 Å². The second kappa shape index (κ2) is 6.52. The third-order valence-corrected chi connectivity index (χ3v) is 3.12. The number of ketones is 1. The fraction of sp³-hybridized carbons (Fsp3) is 0.0667. The average Bonchev–Trinajstić information content (AvgIpc) is 2.43. The molecule has 0 unspecified atom stereocenters. The summed E-state index contributed by atoms with van der Waals surface area (Å²) in [5.74, 6) is -1.97. The Labute approximate surface area is 123 Å². The molecule has 0 saturated carbocycles. The molecule has 0 radical (unpaired) electrons. The molecule has 20 heavy (non-hydrogen) atoms. The van der Waals surface area contributed by atoms with E-state index in [4.69, 9.17) is 0 Å². The first-order valence-corrected chi connectivity index (χ1v) is 6.62. The third-order valence-electron chi connectivity index (χ3n) is 2.59. The molecule has 0 N–H and O–H groups in total. The minimum absolute atomic E-state index is 0.0937. The monoisotopic (exact) mass is 337 g/mol. The maximum absolute atomic E-state index is 12.9. The Morgan fingerprint density at radius 1 is 1.10 bits per heavy atom. The van der Waals surface area contributed by atoms with Crippen LogP contribution in [-0.2, 0) is 0 Å². The van der Waals surface area contributed by atoms with Crippen LogP contribution in [-0.4, -0.2) is 12.0 Å². The fourth-order valence-electron chi connectivity index (χ4n) is 1.55. The Morgan fingerprint density at radius 2 is 1.80 bits per heavy atom. The Morgan fingerprint density at radius 3 is 2.45 bits per heavy atom. The van der Waals surface area contributed by atoms with Crippen molar-refractivity contribution in [3.63, 3.8) is 0 Å². The molecule has 0 aliphatic heterocycles. The van der Waals surface area contributed by atoms with Gasteiger partial charge in [0.15, 0.2) is 17.4 Å². The summed E-state index contributed by atoms with van der Waals surface area (Å²) in [5, 5.41) is 0. The van der Waals surface area contributed by atoms with E-state index in [9.17, 15) is 13.6 Å². The summed E-state index contributed by atoms with van der Waals surface area (Å²) in [5.41, 5.74) is 0.845. The molecule has 5 heteroatoms. The predicted molar refractivity (Wildman–Crippen MR) is 77.6 cm³/mol. The van der Waals surface area contributed by atoms with Gasteiger partial charge in [0, 0.05) is 28.7 Å². The van der Waals surface area contributed by atoms with Crippen LogP contribution < -0.4 is 0 Å². The molecule has 2 nitrogen and oxygen atoms in total. The Hall–Kier alpha value is -1.88. The Balaban J connectivity index is 2.00. The zero-order valence-electron chi connectivity index (χ0n) is 10.3. The summed E-state index contributed by atoms with van der Waals surface area (Å²) in [7, 11) is 0. The van der Waals surface area contributed by atoms with Crippen molar-refractivity contribution in [2.45, 2.75) is 6.42 Å². The van der Waals surface area contributed by atoms with Crippen LogP contribution in [0.1, 0.15) is 16.8 Å². The number of carbonyl (C=O) groups excluding carboxylic acids is 1. The maximum Gasteiger partial charge on any atom is 0.168 e. The lowest BCUT2D eigenvalue weighted by Crippen LogP contribution is -1.98. The van der Waals surface area contributed by atoms with E-state index in [0.717, 1.165) is 16.6 Å². The summed E-state index contributed by atoms with van der Waals surface area (Å²) < 4.78 is 26.6. The van der Waals surface area contributed by atoms with Crippen LogP contribution in [0.15, 0.2) is 51.9 Å². The van der Waals surface area contributed by atoms with E-state index in [1.165, 1.54) is 12.3 Å². The lowest BCUT2D eigenvalue weighted by Gasteiger charge is -1.98. The van der Waals surface area contributed by atoms with Gasteiger partial charge in [-0.2, -0.15) is 0 Å². The topological polar surface area (TPSA) is 29.4 Å². The van der Waals surface area contributed by atoms with Crippen molar-refractivity contribution >= 4 is 33.6 Å². The van der Waals surface area contributed by atoms with Gasteiger partial charge in [0.25, 0.3) is 0 Å². The van der Waals surface area contributed by atoms with Gasteiger partial charge >= 0.3 is 0 Å². The number of carbonyl (C=O) groups is 1. The van der Waals surface area contributed by atoms with E-state index in [1.807, 2.05) is 0 Å². The van der Waals surface area contributed by atoms with Gasteiger partial charge in [-0.3, -0.25) is 9.79 Å². The zero-order chi connectivity index (χ0) is 14.5. The molecule has 0 saturated heterocycles. The van der Waals surface area contributed by atoms with Gasteiger partial charge < -0.3 is 0 Å². The van der Waals surface area contributed by atoms with E-state index in [1.54, 1.807) is 24.3 Å². The van der Waals surface area contributed by atoms with Crippen molar-refractivity contribution in [2.75, 3.05) is 0 Å². The smallest absolute Gasteiger partial charge is 0.168 e. The highest BCUT2D eigenvalue weighted by atomic mass is 79.9. The molecule has 0 spiro atoms. The second-order valence-electron chi connectivity index (χ2n) is 4.04. The van der Waals surface area contributed by atoms with Crippen LogP contribution in [0.25, 0.3) is 0 Å². The molecule has 0 aromatic heterocycles. The van der Waals surface area contributed by atoms with Crippen molar-refractivity contribution in [3.8, 4) is 0 Å². The van der Waals surface area contributed by atoms with Gasteiger partial charge in [-0.25, -0.2) is 8.78 Å². The first-order valence-electron chi connectivity index (χ1n) is 5.82. The van der Waals surface area contributed by atoms with Gasteiger partial charge in [0.1, 0.15) is 0 Å². The number of Topliss-reactive ketones (excluding diaryl/α,β-unsaturated/α-hetero) is 1. The summed E-state index contributed by atoms with van der Waals surface area (Å²) in [6.45, 7) is 0. The Kier molecular flexibility index (Phi) is 4.74. The predicted octanol–water partition coefficient (Wildman–Crippen LogP) is 4.70. The molecule has 2 aromatic rings. The molecule has 0 fully saturated rings. The minimum Gasteiger partial charge on any atom is -0.294 e. The quantitative estimate of drug-likeness (QED) is 0.587. The van der Waals surface area contributed by atoms with Crippen LogP contribution in [0.5, 0.6) is 0 Å². The SMILES string of the molecule is O=C(CC=Nc1ccc(F)c(F)c1)c1ccc(Br)cc1. The molecule has 102 valence electrons. The van der Waals surface area contributed by atoms with Gasteiger partial charge in [0.2, 0.25) is 0 Å². The van der Waals surface area contributed by atoms with Gasteiger partial charge in [-0.15, -0.1) is 0 Å². The molecule has 2 rings (SSSR count). The Bertz CT molecular complexity index is 653. The lowest BCUT2D eigenvalue weighted by atomic mass is 10.1. The molecule has 0 heterocycles. The van der Waals surface area contributed by atoms with Crippen molar-refractivity contribution in [3.05, 3.63) is 64.1 Å². The van der Waals surface area contributed by atoms with Crippen LogP contribution in [0.4, 0.5) is 14.5 Å². The van der Waals surface area contributed by atoms with E-state index in [0.29, 0.717) is 5.56 Å². The number of aliphatic imine (C=N–C) groups is 1. The summed E-state index contributed by atoms with van der Waals surface area (Å²) in [6.07, 6.45) is 1.48. The number of hydrogen-bond acceptors (Lipinski definition) is 2. The molecule has 0 atom stereocenters. The van der Waals surface area contributed by atoms with Gasteiger partial charge in [0.05, 0.1) is 5.69 Å². The molecule has 0 aliphatic carbocycles. The highest BCUT2D eigenvalue weighted by molar-refractivity contribution is 9.10. The highest BCUT2D eigenvalue weighted by Crippen LogP contribution is 2.16. The largest absolute Gasteiger partial charge is 0.294 e. The van der Waals surface area contributed by atoms with Crippen molar-refractivity contribution in [1.29, 1.82) is 0 Å². The standard InChI is InChI=1S/C15H10BrF2NO/c16-11-3-1-10(2-4-11)15(20)7-8-19-12-5-6-13(17)14(18)9-12/h1-6,8-9H,7H2. The van der Waals surface area contributed by atoms with E-state index in [-0.39, 0.29) is 17.9 Å². The molecular weight excluding hydrogens is 328 g/mol. The molecule has 0 amide bonds. The van der Waals surface area contributed by atoms with Crippen LogP contribution in [0.2, 0.25) is 0 Å². The fourth-order valence-corrected chi connectivity index (χ4v) is 1.82. The minimum atomic E-state index is -0.959. The summed E-state index contributed by atoms with van der Waals surface area (Å²) in [6, 6.07) is 10.3. The number of nitrogens with zero attached hydrogens (tertiary/aromatic N) is 1. The molecule has 0 bridgehead atoms. The summed E-state index contributed by atoms with van der Waals surface area (Å²) >= 11 is 3.29. The van der Waals surface area contributed by atoms with E-state index in [2.05, 4.69) is 20.9 Å². The molecule has 0 aliphatic rings. The highest BCUT2D eigenvalue weighted by Gasteiger charge is 2.04. The van der Waals surface area contributed by atoms with Gasteiger partial charge in [-0.05, 0) is 24.3 Å². The summed E-state index contributed by atoms with van der Waals surface area (Å²) in [4.78, 5) is 15.8. The van der Waals surface area contributed by atoms with Crippen LogP contribution >= 0.6 is 15.9 Å². The number of hydrogen-bond donors (Lipinski definition) is 0. The third kappa shape index (κ3) is 3.81. The van der Waals surface area contributed by atoms with E-state index >= 15 is 0 Å². The first kappa shape index (κ1) is 14.5. The van der Waals surface area contributed by atoms with Gasteiger partial charge in [-0.1, -0.05) is 28.1 Å². The molecule has 2 aromatic carbocycles.